The molecule has 1 fully saturated rings. The summed E-state index contributed by atoms with van der Waals surface area (Å²) in [5.74, 6) is -0.165. The van der Waals surface area contributed by atoms with Gasteiger partial charge in [-0.15, -0.1) is 0 Å². The monoisotopic (exact) mass is 411 g/mol. The van der Waals surface area contributed by atoms with E-state index in [1.54, 1.807) is 12.1 Å². The van der Waals surface area contributed by atoms with Crippen molar-refractivity contribution in [1.82, 2.24) is 10.2 Å². The van der Waals surface area contributed by atoms with Crippen LogP contribution in [0.15, 0.2) is 42.5 Å². The van der Waals surface area contributed by atoms with Gasteiger partial charge in [0.15, 0.2) is 5.11 Å². The number of methoxy groups -OCH3 is 1. The number of amides is 1. The number of likely N-dealkylation sites (tertiary alicyclic amines) is 1. The van der Waals surface area contributed by atoms with Gasteiger partial charge in [0.1, 0.15) is 0 Å². The number of ether oxygens (including phenoxy) is 1. The van der Waals surface area contributed by atoms with Crippen LogP contribution in [0.2, 0.25) is 0 Å². The summed E-state index contributed by atoms with van der Waals surface area (Å²) in [4.78, 5) is 25.7. The number of esters is 1. The van der Waals surface area contributed by atoms with E-state index in [4.69, 9.17) is 17.0 Å². The zero-order chi connectivity index (χ0) is 20.8. The van der Waals surface area contributed by atoms with Gasteiger partial charge in [-0.3, -0.25) is 4.79 Å². The molecule has 0 aromatic heterocycles. The highest BCUT2D eigenvalue weighted by Gasteiger charge is 2.21. The average Bonchev–Trinajstić information content (AvgIpc) is 3.13. The van der Waals surface area contributed by atoms with E-state index in [9.17, 15) is 9.59 Å². The van der Waals surface area contributed by atoms with E-state index in [-0.39, 0.29) is 11.9 Å². The van der Waals surface area contributed by atoms with Crippen molar-refractivity contribution in [3.05, 3.63) is 64.7 Å². The Morgan fingerprint density at radius 1 is 1.17 bits per heavy atom. The molecule has 3 rings (SSSR count). The number of nitrogens with zero attached hydrogens (tertiary/aromatic N) is 1. The van der Waals surface area contributed by atoms with E-state index in [1.807, 2.05) is 42.2 Å². The Morgan fingerprint density at radius 2 is 1.93 bits per heavy atom. The van der Waals surface area contributed by atoms with Crippen LogP contribution >= 0.6 is 12.2 Å². The minimum Gasteiger partial charge on any atom is -0.465 e. The summed E-state index contributed by atoms with van der Waals surface area (Å²) in [7, 11) is 1.36. The molecule has 1 heterocycles. The molecule has 1 saturated heterocycles. The predicted molar refractivity (Wildman–Crippen MR) is 117 cm³/mol. The molecule has 0 atom stereocenters. The number of benzene rings is 2. The second-order valence-electron chi connectivity index (χ2n) is 6.96. The zero-order valence-corrected chi connectivity index (χ0v) is 17.5. The maximum atomic E-state index is 11.9. The van der Waals surface area contributed by atoms with E-state index in [0.717, 1.165) is 35.3 Å². The predicted octanol–water partition coefficient (Wildman–Crippen LogP) is 3.39. The second-order valence-corrected chi connectivity index (χ2v) is 7.37. The van der Waals surface area contributed by atoms with Gasteiger partial charge in [0.25, 0.3) is 0 Å². The molecule has 0 saturated carbocycles. The maximum Gasteiger partial charge on any atom is 0.338 e. The molecule has 2 aromatic rings. The summed E-state index contributed by atoms with van der Waals surface area (Å²) in [6, 6.07) is 13.4. The lowest BCUT2D eigenvalue weighted by Gasteiger charge is -2.19. The van der Waals surface area contributed by atoms with Crippen LogP contribution in [0.3, 0.4) is 0 Å². The fourth-order valence-electron chi connectivity index (χ4n) is 3.41. The number of rotatable bonds is 6. The van der Waals surface area contributed by atoms with Gasteiger partial charge in [-0.2, -0.15) is 0 Å². The van der Waals surface area contributed by atoms with Gasteiger partial charge in [-0.05, 0) is 54.4 Å². The zero-order valence-electron chi connectivity index (χ0n) is 16.7. The molecule has 0 aliphatic carbocycles. The van der Waals surface area contributed by atoms with Crippen molar-refractivity contribution >= 4 is 34.9 Å². The fourth-order valence-corrected chi connectivity index (χ4v) is 3.59. The van der Waals surface area contributed by atoms with Crippen LogP contribution in [0.1, 0.15) is 39.9 Å². The second kappa shape index (κ2) is 9.52. The first-order chi connectivity index (χ1) is 14.0. The van der Waals surface area contributed by atoms with Crippen molar-refractivity contribution in [2.24, 2.45) is 0 Å². The Kier molecular flexibility index (Phi) is 6.82. The normalized spacial score (nSPS) is 13.3. The van der Waals surface area contributed by atoms with Crippen LogP contribution in [0, 0.1) is 6.92 Å². The van der Waals surface area contributed by atoms with E-state index < -0.39 is 0 Å². The van der Waals surface area contributed by atoms with Gasteiger partial charge in [-0.25, -0.2) is 4.79 Å². The number of carbonyl (C=O) groups excluding carboxylic acids is 2. The highest BCUT2D eigenvalue weighted by Crippen LogP contribution is 2.20. The third-order valence-electron chi connectivity index (χ3n) is 5.08. The standard InChI is InChI=1S/C22H25N3O3S/c1-15-18(21(27)28-2)9-5-10-19(15)24-22(29)23-13-16-7-3-4-8-17(16)14-25-12-6-11-20(25)26/h3-5,7-10H,6,11-14H2,1-2H3,(H2,23,24,29). The molecule has 29 heavy (non-hydrogen) atoms. The molecule has 1 aliphatic heterocycles. The summed E-state index contributed by atoms with van der Waals surface area (Å²) < 4.78 is 4.81. The SMILES string of the molecule is COC(=O)c1cccc(NC(=S)NCc2ccccc2CN2CCCC2=O)c1C. The topological polar surface area (TPSA) is 70.7 Å². The lowest BCUT2D eigenvalue weighted by molar-refractivity contribution is -0.128. The van der Waals surface area contributed by atoms with Gasteiger partial charge < -0.3 is 20.3 Å². The minimum absolute atomic E-state index is 0.214. The van der Waals surface area contributed by atoms with Crippen LogP contribution in [0.5, 0.6) is 0 Å². The fraction of sp³-hybridized carbons (Fsp3) is 0.318. The molecular weight excluding hydrogens is 386 g/mol. The molecule has 152 valence electrons. The van der Waals surface area contributed by atoms with Crippen molar-refractivity contribution in [2.75, 3.05) is 19.0 Å². The lowest BCUT2D eigenvalue weighted by atomic mass is 10.1. The first kappa shape index (κ1) is 20.8. The first-order valence-corrected chi connectivity index (χ1v) is 9.97. The summed E-state index contributed by atoms with van der Waals surface area (Å²) in [5.41, 5.74) is 4.23. The minimum atomic E-state index is -0.379. The highest BCUT2D eigenvalue weighted by atomic mass is 32.1. The first-order valence-electron chi connectivity index (χ1n) is 9.57. The van der Waals surface area contributed by atoms with E-state index in [1.165, 1.54) is 7.11 Å². The summed E-state index contributed by atoms with van der Waals surface area (Å²) >= 11 is 5.43. The van der Waals surface area contributed by atoms with Crippen molar-refractivity contribution < 1.29 is 14.3 Å². The molecule has 0 radical (unpaired) electrons. The summed E-state index contributed by atoms with van der Waals surface area (Å²) in [6.07, 6.45) is 1.57. The van der Waals surface area contributed by atoms with Crippen LogP contribution in [-0.2, 0) is 22.6 Å². The molecule has 0 spiro atoms. The number of hydrogen-bond acceptors (Lipinski definition) is 4. The smallest absolute Gasteiger partial charge is 0.338 e. The third kappa shape index (κ3) is 5.12. The molecule has 0 unspecified atom stereocenters. The summed E-state index contributed by atoms with van der Waals surface area (Å²) in [6.45, 7) is 3.83. The molecule has 6 nitrogen and oxygen atoms in total. The summed E-state index contributed by atoms with van der Waals surface area (Å²) in [5, 5.41) is 6.82. The highest BCUT2D eigenvalue weighted by molar-refractivity contribution is 7.80. The van der Waals surface area contributed by atoms with Crippen molar-refractivity contribution in [2.45, 2.75) is 32.9 Å². The Balaban J connectivity index is 1.63. The molecule has 2 N–H and O–H groups in total. The lowest BCUT2D eigenvalue weighted by Crippen LogP contribution is -2.29. The number of thiocarbonyl (C=S) groups is 1. The van der Waals surface area contributed by atoms with E-state index >= 15 is 0 Å². The number of hydrogen-bond donors (Lipinski definition) is 2. The average molecular weight is 412 g/mol. The Labute approximate surface area is 176 Å². The van der Waals surface area contributed by atoms with Gasteiger partial charge in [0.2, 0.25) is 5.91 Å². The Bertz CT molecular complexity index is 929. The molecule has 2 aromatic carbocycles. The Morgan fingerprint density at radius 3 is 2.62 bits per heavy atom. The Hall–Kier alpha value is -2.93. The van der Waals surface area contributed by atoms with E-state index in [0.29, 0.717) is 30.2 Å². The van der Waals surface area contributed by atoms with Crippen LogP contribution in [-0.4, -0.2) is 35.5 Å². The van der Waals surface area contributed by atoms with Gasteiger partial charge in [0.05, 0.1) is 12.7 Å². The molecule has 0 bridgehead atoms. The van der Waals surface area contributed by atoms with Crippen molar-refractivity contribution in [3.63, 3.8) is 0 Å². The van der Waals surface area contributed by atoms with Gasteiger partial charge in [-0.1, -0.05) is 30.3 Å². The van der Waals surface area contributed by atoms with Crippen molar-refractivity contribution in [3.8, 4) is 0 Å². The van der Waals surface area contributed by atoms with Crippen LogP contribution < -0.4 is 10.6 Å². The van der Waals surface area contributed by atoms with Crippen LogP contribution in [0.25, 0.3) is 0 Å². The van der Waals surface area contributed by atoms with Gasteiger partial charge in [0, 0.05) is 31.7 Å². The third-order valence-corrected chi connectivity index (χ3v) is 5.32. The largest absolute Gasteiger partial charge is 0.465 e. The number of carbonyl (C=O) groups is 2. The quantitative estimate of drug-likeness (QED) is 0.561. The van der Waals surface area contributed by atoms with Crippen LogP contribution in [0.4, 0.5) is 5.69 Å². The molecule has 7 heteroatoms. The maximum absolute atomic E-state index is 11.9. The molecule has 1 aliphatic rings. The number of nitrogens with one attached hydrogen (secondary N) is 2. The molecule has 1 amide bonds. The van der Waals surface area contributed by atoms with E-state index in [2.05, 4.69) is 10.6 Å². The van der Waals surface area contributed by atoms with Gasteiger partial charge >= 0.3 is 5.97 Å². The number of anilines is 1. The molecular formula is C22H25N3O3S. The van der Waals surface area contributed by atoms with Crippen molar-refractivity contribution in [1.29, 1.82) is 0 Å².